The predicted octanol–water partition coefficient (Wildman–Crippen LogP) is 5.21. The Morgan fingerprint density at radius 1 is 1.10 bits per heavy atom. The number of thioether (sulfide) groups is 1. The molecule has 112 valence electrons. The third-order valence-corrected chi connectivity index (χ3v) is 4.92. The Morgan fingerprint density at radius 3 is 2.67 bits per heavy atom. The molecule has 0 saturated heterocycles. The highest BCUT2D eigenvalue weighted by molar-refractivity contribution is 9.10. The molecule has 2 aromatic carbocycles. The molecule has 2 N–H and O–H groups in total. The molecule has 0 aliphatic heterocycles. The van der Waals surface area contributed by atoms with Gasteiger partial charge in [-0.1, -0.05) is 22.0 Å². The number of nitrogens with two attached hydrogens (primary N) is 1. The second kappa shape index (κ2) is 7.76. The fraction of sp³-hybridized carbons (Fsp3) is 0.294. The third-order valence-electron chi connectivity index (χ3n) is 3.27. The van der Waals surface area contributed by atoms with Crippen LogP contribution in [0.5, 0.6) is 5.75 Å². The number of benzene rings is 2. The summed E-state index contributed by atoms with van der Waals surface area (Å²) in [6, 6.07) is 12.2. The van der Waals surface area contributed by atoms with Crippen LogP contribution in [0.3, 0.4) is 0 Å². The van der Waals surface area contributed by atoms with E-state index in [2.05, 4.69) is 48.0 Å². The largest absolute Gasteiger partial charge is 0.494 e. The minimum atomic E-state index is 0.726. The number of halogens is 1. The Morgan fingerprint density at radius 2 is 1.90 bits per heavy atom. The molecular weight excluding hydrogens is 346 g/mol. The molecule has 0 saturated carbocycles. The number of rotatable bonds is 6. The van der Waals surface area contributed by atoms with Gasteiger partial charge in [0.05, 0.1) is 6.61 Å². The maximum Gasteiger partial charge on any atom is 0.119 e. The Balaban J connectivity index is 1.75. The van der Waals surface area contributed by atoms with Crippen molar-refractivity contribution in [3.63, 3.8) is 0 Å². The van der Waals surface area contributed by atoms with Gasteiger partial charge in [0.25, 0.3) is 0 Å². The van der Waals surface area contributed by atoms with Gasteiger partial charge in [-0.25, -0.2) is 0 Å². The first-order chi connectivity index (χ1) is 10.1. The van der Waals surface area contributed by atoms with Crippen molar-refractivity contribution < 1.29 is 4.74 Å². The molecule has 0 spiro atoms. The van der Waals surface area contributed by atoms with Crippen molar-refractivity contribution in [3.8, 4) is 5.75 Å². The lowest BCUT2D eigenvalue weighted by atomic mass is 10.1. The number of aryl methyl sites for hydroxylation is 2. The Labute approximate surface area is 139 Å². The van der Waals surface area contributed by atoms with Gasteiger partial charge in [-0.3, -0.25) is 0 Å². The van der Waals surface area contributed by atoms with E-state index in [1.807, 2.05) is 18.2 Å². The van der Waals surface area contributed by atoms with Crippen molar-refractivity contribution in [1.82, 2.24) is 0 Å². The van der Waals surface area contributed by atoms with E-state index >= 15 is 0 Å². The lowest BCUT2D eigenvalue weighted by molar-refractivity contribution is 0.318. The maximum atomic E-state index is 5.95. The number of anilines is 1. The van der Waals surface area contributed by atoms with E-state index in [4.69, 9.17) is 10.5 Å². The van der Waals surface area contributed by atoms with Gasteiger partial charge in [-0.15, -0.1) is 11.8 Å². The smallest absolute Gasteiger partial charge is 0.119 e. The van der Waals surface area contributed by atoms with Gasteiger partial charge in [0.15, 0.2) is 0 Å². The molecule has 2 nitrogen and oxygen atoms in total. The summed E-state index contributed by atoms with van der Waals surface area (Å²) in [5.41, 5.74) is 9.35. The van der Waals surface area contributed by atoms with Gasteiger partial charge in [0.1, 0.15) is 5.75 Å². The summed E-state index contributed by atoms with van der Waals surface area (Å²) >= 11 is 5.24. The Bertz CT molecular complexity index is 616. The average molecular weight is 366 g/mol. The molecule has 0 heterocycles. The zero-order chi connectivity index (χ0) is 15.2. The van der Waals surface area contributed by atoms with Crippen LogP contribution in [0, 0.1) is 13.8 Å². The molecule has 0 aliphatic rings. The summed E-state index contributed by atoms with van der Waals surface area (Å²) in [7, 11) is 0. The second-order valence-corrected chi connectivity index (χ2v) is 7.03. The number of ether oxygens (including phenoxy) is 1. The summed E-state index contributed by atoms with van der Waals surface area (Å²) in [5.74, 6) is 1.94. The van der Waals surface area contributed by atoms with E-state index in [1.54, 1.807) is 11.8 Å². The van der Waals surface area contributed by atoms with E-state index in [0.717, 1.165) is 39.6 Å². The highest BCUT2D eigenvalue weighted by Gasteiger charge is 2.02. The fourth-order valence-electron chi connectivity index (χ4n) is 1.87. The minimum absolute atomic E-state index is 0.726. The molecule has 0 aromatic heterocycles. The first-order valence-corrected chi connectivity index (χ1v) is 8.72. The number of nitrogen functional groups attached to an aromatic ring is 1. The van der Waals surface area contributed by atoms with Crippen LogP contribution in [0.4, 0.5) is 5.69 Å². The first-order valence-electron chi connectivity index (χ1n) is 6.94. The van der Waals surface area contributed by atoms with Crippen molar-refractivity contribution in [2.45, 2.75) is 25.2 Å². The van der Waals surface area contributed by atoms with E-state index in [9.17, 15) is 0 Å². The fourth-order valence-corrected chi connectivity index (χ4v) is 3.31. The molecular formula is C17H20BrNOS. The molecule has 0 radical (unpaired) electrons. The molecule has 0 amide bonds. The molecule has 21 heavy (non-hydrogen) atoms. The van der Waals surface area contributed by atoms with Crippen LogP contribution in [-0.4, -0.2) is 12.4 Å². The minimum Gasteiger partial charge on any atom is -0.494 e. The molecule has 0 fully saturated rings. The van der Waals surface area contributed by atoms with Crippen LogP contribution in [0.15, 0.2) is 45.8 Å². The normalized spacial score (nSPS) is 10.6. The van der Waals surface area contributed by atoms with E-state index < -0.39 is 0 Å². The summed E-state index contributed by atoms with van der Waals surface area (Å²) in [5, 5.41) is 0. The number of hydrogen-bond donors (Lipinski definition) is 1. The first kappa shape index (κ1) is 16.2. The second-order valence-electron chi connectivity index (χ2n) is 4.98. The molecule has 2 rings (SSSR count). The van der Waals surface area contributed by atoms with Gasteiger partial charge in [-0.05, 0) is 61.7 Å². The molecule has 0 bridgehead atoms. The maximum absolute atomic E-state index is 5.95. The van der Waals surface area contributed by atoms with Crippen molar-refractivity contribution in [2.75, 3.05) is 18.1 Å². The lowest BCUT2D eigenvalue weighted by Crippen LogP contribution is -1.99. The van der Waals surface area contributed by atoms with E-state index in [1.165, 1.54) is 11.1 Å². The van der Waals surface area contributed by atoms with Crippen LogP contribution in [-0.2, 0) is 0 Å². The number of hydrogen-bond acceptors (Lipinski definition) is 3. The SMILES string of the molecule is Cc1ccc(OCCCSc2cc(Br)ccc2N)cc1C. The van der Waals surface area contributed by atoms with Crippen molar-refractivity contribution in [3.05, 3.63) is 52.0 Å². The van der Waals surface area contributed by atoms with Gasteiger partial charge in [0.2, 0.25) is 0 Å². The van der Waals surface area contributed by atoms with E-state index in [0.29, 0.717) is 0 Å². The Hall–Kier alpha value is -1.13. The van der Waals surface area contributed by atoms with Gasteiger partial charge in [0, 0.05) is 20.8 Å². The zero-order valence-corrected chi connectivity index (χ0v) is 14.8. The van der Waals surface area contributed by atoms with Crippen LogP contribution < -0.4 is 10.5 Å². The lowest BCUT2D eigenvalue weighted by Gasteiger charge is -2.09. The highest BCUT2D eigenvalue weighted by Crippen LogP contribution is 2.28. The zero-order valence-electron chi connectivity index (χ0n) is 12.4. The summed E-state index contributed by atoms with van der Waals surface area (Å²) in [6.45, 7) is 4.94. The summed E-state index contributed by atoms with van der Waals surface area (Å²) in [6.07, 6.45) is 0.990. The highest BCUT2D eigenvalue weighted by atomic mass is 79.9. The predicted molar refractivity (Wildman–Crippen MR) is 95.3 cm³/mol. The van der Waals surface area contributed by atoms with Gasteiger partial charge < -0.3 is 10.5 Å². The summed E-state index contributed by atoms with van der Waals surface area (Å²) in [4.78, 5) is 1.12. The average Bonchev–Trinajstić information content (AvgIpc) is 2.46. The molecule has 2 aromatic rings. The quantitative estimate of drug-likeness (QED) is 0.433. The van der Waals surface area contributed by atoms with Crippen LogP contribution in [0.1, 0.15) is 17.5 Å². The Kier molecular flexibility index (Phi) is 6.00. The van der Waals surface area contributed by atoms with Crippen molar-refractivity contribution in [1.29, 1.82) is 0 Å². The van der Waals surface area contributed by atoms with Crippen LogP contribution in [0.25, 0.3) is 0 Å². The third kappa shape index (κ3) is 4.97. The standard InChI is InChI=1S/C17H20BrNOS/c1-12-4-6-15(10-13(12)2)20-8-3-9-21-17-11-14(18)5-7-16(17)19/h4-7,10-11H,3,8-9,19H2,1-2H3. The molecule has 0 aliphatic carbocycles. The van der Waals surface area contributed by atoms with Gasteiger partial charge in [-0.2, -0.15) is 0 Å². The van der Waals surface area contributed by atoms with Crippen LogP contribution >= 0.6 is 27.7 Å². The molecule has 4 heteroatoms. The van der Waals surface area contributed by atoms with Crippen molar-refractivity contribution >= 4 is 33.4 Å². The molecule has 0 unspecified atom stereocenters. The van der Waals surface area contributed by atoms with Crippen LogP contribution in [0.2, 0.25) is 0 Å². The summed E-state index contributed by atoms with van der Waals surface area (Å²) < 4.78 is 6.84. The van der Waals surface area contributed by atoms with Gasteiger partial charge >= 0.3 is 0 Å². The van der Waals surface area contributed by atoms with E-state index in [-0.39, 0.29) is 0 Å². The monoisotopic (exact) mass is 365 g/mol. The van der Waals surface area contributed by atoms with Crippen molar-refractivity contribution in [2.24, 2.45) is 0 Å². The molecule has 0 atom stereocenters. The topological polar surface area (TPSA) is 35.2 Å².